The van der Waals surface area contributed by atoms with Gasteiger partial charge in [0.15, 0.2) is 5.16 Å². The van der Waals surface area contributed by atoms with Crippen molar-refractivity contribution >= 4 is 17.7 Å². The number of thioether (sulfide) groups is 1. The van der Waals surface area contributed by atoms with Crippen molar-refractivity contribution in [1.29, 1.82) is 0 Å². The van der Waals surface area contributed by atoms with Crippen LogP contribution in [0, 0.1) is 0 Å². The van der Waals surface area contributed by atoms with Gasteiger partial charge in [-0.05, 0) is 24.1 Å². The number of rotatable bonds is 11. The van der Waals surface area contributed by atoms with Crippen molar-refractivity contribution in [3.8, 4) is 5.69 Å². The van der Waals surface area contributed by atoms with Gasteiger partial charge in [0.1, 0.15) is 5.82 Å². The Hall–Kier alpha value is -2.64. The average molecular weight is 411 g/mol. The average Bonchev–Trinajstić information content (AvgIpc) is 3.15. The van der Waals surface area contributed by atoms with Gasteiger partial charge in [0.2, 0.25) is 5.91 Å². The van der Waals surface area contributed by atoms with Crippen molar-refractivity contribution < 1.29 is 9.53 Å². The normalized spacial score (nSPS) is 10.8. The number of carbonyl (C=O) groups excluding carboxylic acids is 1. The highest BCUT2D eigenvalue weighted by molar-refractivity contribution is 7.99. The van der Waals surface area contributed by atoms with E-state index in [2.05, 4.69) is 44.3 Å². The smallest absolute Gasteiger partial charge is 0.220 e. The van der Waals surface area contributed by atoms with Crippen LogP contribution in [0.25, 0.3) is 5.69 Å². The van der Waals surface area contributed by atoms with E-state index in [0.29, 0.717) is 26.0 Å². The monoisotopic (exact) mass is 410 g/mol. The fourth-order valence-electron chi connectivity index (χ4n) is 2.90. The lowest BCUT2D eigenvalue weighted by molar-refractivity contribution is -0.121. The summed E-state index contributed by atoms with van der Waals surface area (Å²) in [5.74, 6) is 1.76. The highest BCUT2D eigenvalue weighted by Gasteiger charge is 2.15. The van der Waals surface area contributed by atoms with E-state index in [9.17, 15) is 4.79 Å². The summed E-state index contributed by atoms with van der Waals surface area (Å²) in [5, 5.41) is 12.6. The maximum absolute atomic E-state index is 11.8. The van der Waals surface area contributed by atoms with Gasteiger partial charge in [-0.15, -0.1) is 10.2 Å². The van der Waals surface area contributed by atoms with E-state index in [4.69, 9.17) is 4.74 Å². The molecule has 0 aliphatic carbocycles. The first-order chi connectivity index (χ1) is 14.3. The van der Waals surface area contributed by atoms with E-state index in [0.717, 1.165) is 28.8 Å². The molecule has 152 valence electrons. The molecule has 3 rings (SSSR count). The number of amides is 1. The summed E-state index contributed by atoms with van der Waals surface area (Å²) in [6.45, 7) is 1.08. The minimum absolute atomic E-state index is 0.0527. The molecule has 1 heterocycles. The predicted molar refractivity (Wildman–Crippen MR) is 115 cm³/mol. The van der Waals surface area contributed by atoms with Crippen molar-refractivity contribution in [3.05, 3.63) is 72.1 Å². The van der Waals surface area contributed by atoms with Crippen LogP contribution in [0.3, 0.4) is 0 Å². The van der Waals surface area contributed by atoms with Crippen LogP contribution in [-0.2, 0) is 16.0 Å². The van der Waals surface area contributed by atoms with Gasteiger partial charge in [-0.3, -0.25) is 9.36 Å². The number of nitrogens with one attached hydrogen (secondary N) is 1. The first-order valence-corrected chi connectivity index (χ1v) is 10.7. The third kappa shape index (κ3) is 6.44. The predicted octanol–water partition coefficient (Wildman–Crippen LogP) is 3.49. The third-order valence-electron chi connectivity index (χ3n) is 4.33. The zero-order valence-corrected chi connectivity index (χ0v) is 17.4. The highest BCUT2D eigenvalue weighted by atomic mass is 32.2. The number of benzene rings is 2. The van der Waals surface area contributed by atoms with Crippen LogP contribution >= 0.6 is 11.8 Å². The SMILES string of the molecule is COCCNC(=O)CCCSc1nnc(Cc2ccccc2)n1-c1ccccc1. The first kappa shape index (κ1) is 21.1. The lowest BCUT2D eigenvalue weighted by Gasteiger charge is -2.10. The van der Waals surface area contributed by atoms with Crippen LogP contribution in [0.2, 0.25) is 0 Å². The molecule has 0 saturated carbocycles. The molecule has 0 saturated heterocycles. The summed E-state index contributed by atoms with van der Waals surface area (Å²) >= 11 is 1.63. The Kier molecular flexibility index (Phi) is 8.27. The van der Waals surface area contributed by atoms with Gasteiger partial charge in [-0.2, -0.15) is 0 Å². The molecule has 0 atom stereocenters. The number of ether oxygens (including phenoxy) is 1. The molecule has 6 nitrogen and oxygen atoms in total. The number of methoxy groups -OCH3 is 1. The van der Waals surface area contributed by atoms with E-state index in [1.165, 1.54) is 5.56 Å². The molecule has 1 aromatic heterocycles. The Morgan fingerprint density at radius 2 is 1.79 bits per heavy atom. The van der Waals surface area contributed by atoms with Gasteiger partial charge in [-0.1, -0.05) is 60.3 Å². The Balaban J connectivity index is 1.65. The van der Waals surface area contributed by atoms with E-state index in [1.807, 2.05) is 36.4 Å². The second-order valence-corrected chi connectivity index (χ2v) is 7.59. The van der Waals surface area contributed by atoms with Crippen molar-refractivity contribution in [1.82, 2.24) is 20.1 Å². The molecule has 0 aliphatic rings. The summed E-state index contributed by atoms with van der Waals surface area (Å²) in [6, 6.07) is 20.4. The second kappa shape index (κ2) is 11.4. The Morgan fingerprint density at radius 3 is 2.52 bits per heavy atom. The number of aromatic nitrogens is 3. The summed E-state index contributed by atoms with van der Waals surface area (Å²) in [5.41, 5.74) is 2.24. The van der Waals surface area contributed by atoms with Crippen molar-refractivity contribution in [2.24, 2.45) is 0 Å². The topological polar surface area (TPSA) is 69.0 Å². The summed E-state index contributed by atoms with van der Waals surface area (Å²) < 4.78 is 7.05. The van der Waals surface area contributed by atoms with Gasteiger partial charge in [0, 0.05) is 37.9 Å². The Morgan fingerprint density at radius 1 is 1.07 bits per heavy atom. The zero-order valence-electron chi connectivity index (χ0n) is 16.6. The zero-order chi connectivity index (χ0) is 20.3. The van der Waals surface area contributed by atoms with Crippen LogP contribution in [0.15, 0.2) is 65.8 Å². The molecular weight excluding hydrogens is 384 g/mol. The number of nitrogens with zero attached hydrogens (tertiary/aromatic N) is 3. The summed E-state index contributed by atoms with van der Waals surface area (Å²) in [7, 11) is 1.62. The number of hydrogen-bond acceptors (Lipinski definition) is 5. The van der Waals surface area contributed by atoms with Crippen molar-refractivity contribution in [2.75, 3.05) is 26.0 Å². The number of carbonyl (C=O) groups is 1. The minimum Gasteiger partial charge on any atom is -0.383 e. The van der Waals surface area contributed by atoms with Crippen LogP contribution in [0.4, 0.5) is 0 Å². The largest absolute Gasteiger partial charge is 0.383 e. The van der Waals surface area contributed by atoms with E-state index in [-0.39, 0.29) is 5.91 Å². The molecule has 2 aromatic carbocycles. The van der Waals surface area contributed by atoms with Crippen LogP contribution in [0.5, 0.6) is 0 Å². The number of para-hydroxylation sites is 1. The molecule has 0 radical (unpaired) electrons. The molecule has 7 heteroatoms. The van der Waals surface area contributed by atoms with Gasteiger partial charge in [0.05, 0.1) is 6.61 Å². The lowest BCUT2D eigenvalue weighted by atomic mass is 10.1. The van der Waals surface area contributed by atoms with E-state index in [1.54, 1.807) is 18.9 Å². The van der Waals surface area contributed by atoms with E-state index < -0.39 is 0 Å². The van der Waals surface area contributed by atoms with Crippen molar-refractivity contribution in [3.63, 3.8) is 0 Å². The fraction of sp³-hybridized carbons (Fsp3) is 0.318. The second-order valence-electron chi connectivity index (χ2n) is 6.53. The van der Waals surface area contributed by atoms with Crippen molar-refractivity contribution in [2.45, 2.75) is 24.4 Å². The molecule has 1 amide bonds. The van der Waals surface area contributed by atoms with Crippen LogP contribution < -0.4 is 5.32 Å². The first-order valence-electron chi connectivity index (χ1n) is 9.70. The maximum Gasteiger partial charge on any atom is 0.220 e. The Labute approximate surface area is 175 Å². The fourth-order valence-corrected chi connectivity index (χ4v) is 3.81. The number of hydrogen-bond donors (Lipinski definition) is 1. The van der Waals surface area contributed by atoms with Crippen LogP contribution in [0.1, 0.15) is 24.2 Å². The van der Waals surface area contributed by atoms with Crippen LogP contribution in [-0.4, -0.2) is 46.7 Å². The third-order valence-corrected chi connectivity index (χ3v) is 5.34. The maximum atomic E-state index is 11.8. The molecule has 3 aromatic rings. The lowest BCUT2D eigenvalue weighted by Crippen LogP contribution is -2.26. The minimum atomic E-state index is 0.0527. The van der Waals surface area contributed by atoms with Gasteiger partial charge < -0.3 is 10.1 Å². The molecule has 1 N–H and O–H groups in total. The van der Waals surface area contributed by atoms with E-state index >= 15 is 0 Å². The molecule has 0 bridgehead atoms. The summed E-state index contributed by atoms with van der Waals surface area (Å²) in [4.78, 5) is 11.8. The summed E-state index contributed by atoms with van der Waals surface area (Å²) in [6.07, 6.45) is 1.98. The standard InChI is InChI=1S/C22H26N4O2S/c1-28-15-14-23-21(27)13-8-16-29-22-25-24-20(17-18-9-4-2-5-10-18)26(22)19-11-6-3-7-12-19/h2-7,9-12H,8,13-17H2,1H3,(H,23,27). The Bertz CT molecular complexity index is 884. The highest BCUT2D eigenvalue weighted by Crippen LogP contribution is 2.24. The molecule has 0 fully saturated rings. The van der Waals surface area contributed by atoms with Gasteiger partial charge >= 0.3 is 0 Å². The molecular formula is C22H26N4O2S. The van der Waals surface area contributed by atoms with Gasteiger partial charge in [-0.25, -0.2) is 0 Å². The quantitative estimate of drug-likeness (QED) is 0.387. The molecule has 29 heavy (non-hydrogen) atoms. The van der Waals surface area contributed by atoms with Gasteiger partial charge in [0.25, 0.3) is 0 Å². The molecule has 0 aliphatic heterocycles. The molecule has 0 spiro atoms. The molecule has 0 unspecified atom stereocenters.